The third kappa shape index (κ3) is 4.59. The van der Waals surface area contributed by atoms with Crippen LogP contribution < -0.4 is 0 Å². The van der Waals surface area contributed by atoms with Crippen molar-refractivity contribution in [1.82, 2.24) is 8.87 Å². The molecule has 32 heavy (non-hydrogen) atoms. The molecule has 174 valence electrons. The number of Topliss-reactive ketones (excluding diaryl/α,β-unsaturated/α-hetero) is 1. The van der Waals surface area contributed by atoms with Gasteiger partial charge in [-0.15, -0.1) is 0 Å². The maximum absolute atomic E-state index is 13.4. The average molecular weight is 501 g/mol. The van der Waals surface area contributed by atoms with Gasteiger partial charge < -0.3 is 9.30 Å². The van der Waals surface area contributed by atoms with E-state index >= 15 is 0 Å². The summed E-state index contributed by atoms with van der Waals surface area (Å²) in [6.45, 7) is 7.34. The summed E-state index contributed by atoms with van der Waals surface area (Å²) in [5.74, 6) is -0.891. The predicted molar refractivity (Wildman–Crippen MR) is 123 cm³/mol. The van der Waals surface area contributed by atoms with E-state index in [9.17, 15) is 18.0 Å². The Morgan fingerprint density at radius 3 is 2.41 bits per heavy atom. The number of nitrogens with zero attached hydrogens (tertiary/aromatic N) is 2. The maximum Gasteiger partial charge on any atom is 0.355 e. The van der Waals surface area contributed by atoms with Crippen LogP contribution in [0.4, 0.5) is 0 Å². The van der Waals surface area contributed by atoms with E-state index in [4.69, 9.17) is 27.9 Å². The zero-order chi connectivity index (χ0) is 23.8. The van der Waals surface area contributed by atoms with Crippen LogP contribution >= 0.6 is 23.2 Å². The molecule has 1 aromatic heterocycles. The number of halogens is 2. The zero-order valence-corrected chi connectivity index (χ0v) is 20.8. The third-order valence-corrected chi connectivity index (χ3v) is 8.18. The molecule has 2 aromatic rings. The van der Waals surface area contributed by atoms with Gasteiger partial charge in [0.1, 0.15) is 10.6 Å². The number of benzene rings is 1. The van der Waals surface area contributed by atoms with Crippen molar-refractivity contribution >= 4 is 45.0 Å². The molecule has 1 aromatic carbocycles. The molecule has 0 aliphatic heterocycles. The van der Waals surface area contributed by atoms with E-state index in [0.29, 0.717) is 41.9 Å². The van der Waals surface area contributed by atoms with Crippen LogP contribution in [0, 0.1) is 13.8 Å². The van der Waals surface area contributed by atoms with Crippen molar-refractivity contribution in [2.75, 3.05) is 13.2 Å². The van der Waals surface area contributed by atoms with E-state index in [0.717, 1.165) is 0 Å². The van der Waals surface area contributed by atoms with Gasteiger partial charge in [0, 0.05) is 28.9 Å². The fraction of sp³-hybridized carbons (Fsp3) is 0.455. The molecule has 3 rings (SSSR count). The standard InChI is InChI=1S/C22H26Cl2N2O5S/c1-5-25-14(4)20(13(3)21(25)22(28)31-6-2)18(27)12-26(16-8-9-16)32(29,30)19-11-15(23)7-10-17(19)24/h7,10-11,16H,5-6,8-9,12H2,1-4H3. The van der Waals surface area contributed by atoms with Gasteiger partial charge in [-0.3, -0.25) is 4.79 Å². The van der Waals surface area contributed by atoms with Gasteiger partial charge in [0.25, 0.3) is 0 Å². The number of hydrogen-bond acceptors (Lipinski definition) is 5. The summed E-state index contributed by atoms with van der Waals surface area (Å²) >= 11 is 12.2. The lowest BCUT2D eigenvalue weighted by Crippen LogP contribution is -2.38. The van der Waals surface area contributed by atoms with Gasteiger partial charge in [0.05, 0.1) is 18.2 Å². The van der Waals surface area contributed by atoms with Gasteiger partial charge >= 0.3 is 5.97 Å². The molecule has 0 unspecified atom stereocenters. The summed E-state index contributed by atoms with van der Waals surface area (Å²) in [5.41, 5.74) is 1.75. The van der Waals surface area contributed by atoms with Crippen LogP contribution in [-0.2, 0) is 21.3 Å². The first kappa shape index (κ1) is 24.8. The lowest BCUT2D eigenvalue weighted by molar-refractivity contribution is 0.0512. The van der Waals surface area contributed by atoms with Gasteiger partial charge in [-0.25, -0.2) is 13.2 Å². The van der Waals surface area contributed by atoms with Crippen molar-refractivity contribution in [3.63, 3.8) is 0 Å². The van der Waals surface area contributed by atoms with Crippen LogP contribution in [0.15, 0.2) is 23.1 Å². The topological polar surface area (TPSA) is 85.7 Å². The molecule has 1 heterocycles. The number of ketones is 1. The summed E-state index contributed by atoms with van der Waals surface area (Å²) in [6, 6.07) is 3.94. The van der Waals surface area contributed by atoms with Crippen molar-refractivity contribution in [2.24, 2.45) is 0 Å². The number of esters is 1. The number of aromatic nitrogens is 1. The quantitative estimate of drug-likeness (QED) is 0.369. The summed E-state index contributed by atoms with van der Waals surface area (Å²) in [5, 5.41) is 0.280. The van der Waals surface area contributed by atoms with E-state index < -0.39 is 16.0 Å². The Morgan fingerprint density at radius 1 is 1.19 bits per heavy atom. The van der Waals surface area contributed by atoms with E-state index in [1.54, 1.807) is 25.3 Å². The normalized spacial score (nSPS) is 14.1. The monoisotopic (exact) mass is 500 g/mol. The molecule has 0 N–H and O–H groups in total. The Morgan fingerprint density at radius 2 is 1.84 bits per heavy atom. The van der Waals surface area contributed by atoms with Crippen LogP contribution in [0.5, 0.6) is 0 Å². The molecule has 0 bridgehead atoms. The van der Waals surface area contributed by atoms with Crippen molar-refractivity contribution in [1.29, 1.82) is 0 Å². The first-order valence-corrected chi connectivity index (χ1v) is 12.6. The fourth-order valence-electron chi connectivity index (χ4n) is 3.96. The van der Waals surface area contributed by atoms with Gasteiger partial charge in [-0.05, 0) is 64.3 Å². The largest absolute Gasteiger partial charge is 0.461 e. The molecule has 7 nitrogen and oxygen atoms in total. The van der Waals surface area contributed by atoms with Crippen molar-refractivity contribution in [3.05, 3.63) is 50.8 Å². The van der Waals surface area contributed by atoms with Crippen LogP contribution in [-0.4, -0.2) is 48.2 Å². The number of carbonyl (C=O) groups excluding carboxylic acids is 2. The van der Waals surface area contributed by atoms with Crippen LogP contribution in [0.2, 0.25) is 10.0 Å². The van der Waals surface area contributed by atoms with Gasteiger partial charge in [0.15, 0.2) is 5.78 Å². The minimum absolute atomic E-state index is 0.0431. The summed E-state index contributed by atoms with van der Waals surface area (Å²) in [4.78, 5) is 25.8. The highest BCUT2D eigenvalue weighted by Gasteiger charge is 2.41. The number of carbonyl (C=O) groups is 2. The highest BCUT2D eigenvalue weighted by Crippen LogP contribution is 2.36. The molecule has 0 amide bonds. The maximum atomic E-state index is 13.4. The van der Waals surface area contributed by atoms with Crippen LogP contribution in [0.25, 0.3) is 0 Å². The first-order valence-electron chi connectivity index (χ1n) is 10.4. The van der Waals surface area contributed by atoms with E-state index in [1.807, 2.05) is 6.92 Å². The van der Waals surface area contributed by atoms with E-state index in [2.05, 4.69) is 0 Å². The molecule has 0 radical (unpaired) electrons. The van der Waals surface area contributed by atoms with Crippen molar-refractivity contribution in [2.45, 2.75) is 58.0 Å². The second kappa shape index (κ2) is 9.55. The molecule has 1 aliphatic rings. The number of ether oxygens (including phenoxy) is 1. The molecule has 0 atom stereocenters. The summed E-state index contributed by atoms with van der Waals surface area (Å²) in [6.07, 6.45) is 1.32. The minimum Gasteiger partial charge on any atom is -0.461 e. The second-order valence-corrected chi connectivity index (χ2v) is 10.4. The number of hydrogen-bond donors (Lipinski definition) is 0. The first-order chi connectivity index (χ1) is 15.0. The molecule has 10 heteroatoms. The van der Waals surface area contributed by atoms with Crippen LogP contribution in [0.3, 0.4) is 0 Å². The van der Waals surface area contributed by atoms with Crippen LogP contribution in [0.1, 0.15) is 58.8 Å². The average Bonchev–Trinajstić information content (AvgIpc) is 3.52. The van der Waals surface area contributed by atoms with Gasteiger partial charge in [-0.1, -0.05) is 23.2 Å². The Hall–Kier alpha value is -1.87. The molecule has 1 saturated carbocycles. The third-order valence-electron chi connectivity index (χ3n) is 5.56. The molecule has 1 fully saturated rings. The Bertz CT molecular complexity index is 1170. The summed E-state index contributed by atoms with van der Waals surface area (Å²) < 4.78 is 34.9. The Balaban J connectivity index is 2.01. The molecular formula is C22H26Cl2N2O5S. The van der Waals surface area contributed by atoms with Crippen molar-refractivity contribution < 1.29 is 22.7 Å². The highest BCUT2D eigenvalue weighted by atomic mass is 35.5. The molecular weight excluding hydrogens is 475 g/mol. The highest BCUT2D eigenvalue weighted by molar-refractivity contribution is 7.89. The minimum atomic E-state index is -4.06. The Kier molecular flexibility index (Phi) is 7.39. The van der Waals surface area contributed by atoms with E-state index in [-0.39, 0.29) is 39.9 Å². The van der Waals surface area contributed by atoms with E-state index in [1.165, 1.54) is 22.5 Å². The SMILES string of the molecule is CCOC(=O)c1c(C)c(C(=O)CN(C2CC2)S(=O)(=O)c2cc(Cl)ccc2Cl)c(C)n1CC. The fourth-order valence-corrected chi connectivity index (χ4v) is 6.34. The smallest absolute Gasteiger partial charge is 0.355 e. The van der Waals surface area contributed by atoms with Crippen molar-refractivity contribution in [3.8, 4) is 0 Å². The molecule has 0 spiro atoms. The second-order valence-electron chi connectivity index (χ2n) is 7.68. The number of sulfonamides is 1. The Labute approximate surface area is 198 Å². The zero-order valence-electron chi connectivity index (χ0n) is 18.4. The van der Waals surface area contributed by atoms with Gasteiger partial charge in [0.2, 0.25) is 10.0 Å². The molecule has 1 aliphatic carbocycles. The molecule has 0 saturated heterocycles. The lowest BCUT2D eigenvalue weighted by Gasteiger charge is -2.22. The van der Waals surface area contributed by atoms with Gasteiger partial charge in [-0.2, -0.15) is 4.31 Å². The predicted octanol–water partition coefficient (Wildman–Crippen LogP) is 4.64. The number of rotatable bonds is 9. The lowest BCUT2D eigenvalue weighted by atomic mass is 10.1. The summed E-state index contributed by atoms with van der Waals surface area (Å²) in [7, 11) is -4.06.